The van der Waals surface area contributed by atoms with E-state index < -0.39 is 30.1 Å². The molecule has 0 aliphatic carbocycles. The highest BCUT2D eigenvalue weighted by Crippen LogP contribution is 2.26. The number of aromatic nitrogens is 1. The van der Waals surface area contributed by atoms with Crippen molar-refractivity contribution in [2.45, 2.75) is 19.9 Å². The van der Waals surface area contributed by atoms with Crippen molar-refractivity contribution in [1.82, 2.24) is 9.88 Å². The molecule has 0 aliphatic rings. The summed E-state index contributed by atoms with van der Waals surface area (Å²) in [5.74, 6) is -3.61. The summed E-state index contributed by atoms with van der Waals surface area (Å²) in [5.41, 5.74) is 0.423. The number of carbonyl (C=O) groups is 2. The zero-order chi connectivity index (χ0) is 17.1. The fourth-order valence-corrected chi connectivity index (χ4v) is 2.71. The van der Waals surface area contributed by atoms with Gasteiger partial charge in [0.2, 0.25) is 0 Å². The van der Waals surface area contributed by atoms with Gasteiger partial charge in [-0.2, -0.15) is 0 Å². The summed E-state index contributed by atoms with van der Waals surface area (Å²) in [7, 11) is 0. The van der Waals surface area contributed by atoms with Crippen molar-refractivity contribution in [2.75, 3.05) is 6.54 Å². The Morgan fingerprint density at radius 1 is 1.30 bits per heavy atom. The van der Waals surface area contributed by atoms with E-state index in [1.165, 1.54) is 16.3 Å². The maximum atomic E-state index is 13.3. The molecule has 2 aromatic rings. The van der Waals surface area contributed by atoms with Crippen LogP contribution in [0.5, 0.6) is 0 Å². The van der Waals surface area contributed by atoms with E-state index in [4.69, 9.17) is 5.11 Å². The predicted octanol–water partition coefficient (Wildman–Crippen LogP) is 3.02. The second kappa shape index (κ2) is 6.82. The number of benzene rings is 1. The summed E-state index contributed by atoms with van der Waals surface area (Å²) < 4.78 is 26.2. The molecule has 2 rings (SSSR count). The van der Waals surface area contributed by atoms with E-state index >= 15 is 0 Å². The average Bonchev–Trinajstić information content (AvgIpc) is 2.96. The van der Waals surface area contributed by atoms with Gasteiger partial charge in [0.05, 0.1) is 0 Å². The highest BCUT2D eigenvalue weighted by atomic mass is 32.1. The first-order chi connectivity index (χ1) is 10.8. The van der Waals surface area contributed by atoms with Crippen LogP contribution in [0.1, 0.15) is 24.3 Å². The van der Waals surface area contributed by atoms with Gasteiger partial charge >= 0.3 is 5.97 Å². The van der Waals surface area contributed by atoms with Crippen LogP contribution in [0.15, 0.2) is 23.6 Å². The lowest BCUT2D eigenvalue weighted by Crippen LogP contribution is -2.40. The lowest BCUT2D eigenvalue weighted by Gasteiger charge is -2.23. The van der Waals surface area contributed by atoms with Crippen molar-refractivity contribution >= 4 is 23.2 Å². The zero-order valence-electron chi connectivity index (χ0n) is 12.4. The summed E-state index contributed by atoms with van der Waals surface area (Å²) in [5, 5.41) is 10.7. The van der Waals surface area contributed by atoms with Gasteiger partial charge in [0.1, 0.15) is 17.2 Å². The Morgan fingerprint density at radius 3 is 2.57 bits per heavy atom. The van der Waals surface area contributed by atoms with Crippen LogP contribution in [-0.2, 0) is 4.79 Å². The molecule has 1 aromatic carbocycles. The summed E-state index contributed by atoms with van der Waals surface area (Å²) in [6.45, 7) is 2.96. The SMILES string of the molecule is CC(C)N(CC(=O)O)C(=O)c1csc(-c2ccc(F)c(F)c2)n1. The summed E-state index contributed by atoms with van der Waals surface area (Å²) in [6, 6.07) is 3.04. The van der Waals surface area contributed by atoms with Gasteiger partial charge in [-0.25, -0.2) is 13.8 Å². The average molecular weight is 340 g/mol. The summed E-state index contributed by atoms with van der Waals surface area (Å²) in [4.78, 5) is 28.5. The minimum Gasteiger partial charge on any atom is -0.480 e. The molecular weight excluding hydrogens is 326 g/mol. The summed E-state index contributed by atoms with van der Waals surface area (Å²) >= 11 is 1.10. The van der Waals surface area contributed by atoms with Crippen LogP contribution in [0.3, 0.4) is 0 Å². The molecule has 1 amide bonds. The predicted molar refractivity (Wildman–Crippen MR) is 81.3 cm³/mol. The van der Waals surface area contributed by atoms with Gasteiger partial charge in [0.15, 0.2) is 11.6 Å². The molecule has 0 saturated carbocycles. The molecule has 0 radical (unpaired) electrons. The molecule has 0 unspecified atom stereocenters. The maximum Gasteiger partial charge on any atom is 0.323 e. The van der Waals surface area contributed by atoms with Gasteiger partial charge in [-0.1, -0.05) is 0 Å². The molecule has 1 aromatic heterocycles. The van der Waals surface area contributed by atoms with E-state index in [-0.39, 0.29) is 11.7 Å². The van der Waals surface area contributed by atoms with Crippen molar-refractivity contribution < 1.29 is 23.5 Å². The lowest BCUT2D eigenvalue weighted by molar-refractivity contribution is -0.138. The van der Waals surface area contributed by atoms with E-state index in [1.54, 1.807) is 13.8 Å². The third kappa shape index (κ3) is 3.89. The minimum atomic E-state index is -1.12. The van der Waals surface area contributed by atoms with Crippen LogP contribution >= 0.6 is 11.3 Å². The molecule has 0 spiro atoms. The Morgan fingerprint density at radius 2 is 2.00 bits per heavy atom. The maximum absolute atomic E-state index is 13.3. The Labute approximate surface area is 135 Å². The molecule has 0 saturated heterocycles. The van der Waals surface area contributed by atoms with E-state index in [2.05, 4.69) is 4.98 Å². The lowest BCUT2D eigenvalue weighted by atomic mass is 10.2. The molecule has 0 bridgehead atoms. The quantitative estimate of drug-likeness (QED) is 0.908. The fraction of sp³-hybridized carbons (Fsp3) is 0.267. The molecule has 1 N–H and O–H groups in total. The zero-order valence-corrected chi connectivity index (χ0v) is 13.2. The number of aliphatic carboxylic acids is 1. The number of halogens is 2. The second-order valence-corrected chi connectivity index (χ2v) is 5.95. The van der Waals surface area contributed by atoms with Crippen LogP contribution in [0, 0.1) is 11.6 Å². The first-order valence-corrected chi connectivity index (χ1v) is 7.61. The number of amides is 1. The van der Waals surface area contributed by atoms with E-state index in [0.29, 0.717) is 10.6 Å². The molecule has 5 nitrogen and oxygen atoms in total. The first-order valence-electron chi connectivity index (χ1n) is 6.73. The van der Waals surface area contributed by atoms with Gasteiger partial charge in [-0.3, -0.25) is 9.59 Å². The summed E-state index contributed by atoms with van der Waals surface area (Å²) in [6.07, 6.45) is 0. The van der Waals surface area contributed by atoms with Crippen molar-refractivity contribution in [2.24, 2.45) is 0 Å². The number of hydrogen-bond donors (Lipinski definition) is 1. The van der Waals surface area contributed by atoms with Gasteiger partial charge in [-0.15, -0.1) is 11.3 Å². The molecule has 8 heteroatoms. The van der Waals surface area contributed by atoms with E-state index in [9.17, 15) is 18.4 Å². The minimum absolute atomic E-state index is 0.0738. The Balaban J connectivity index is 2.28. The van der Waals surface area contributed by atoms with Gasteiger partial charge in [-0.05, 0) is 32.0 Å². The number of carbonyl (C=O) groups excluding carboxylic acids is 1. The monoisotopic (exact) mass is 340 g/mol. The molecule has 0 aliphatic heterocycles. The Hall–Kier alpha value is -2.35. The van der Waals surface area contributed by atoms with E-state index in [1.807, 2.05) is 0 Å². The normalized spacial score (nSPS) is 10.8. The molecule has 1 heterocycles. The van der Waals surface area contributed by atoms with Gasteiger partial charge < -0.3 is 10.0 Å². The van der Waals surface area contributed by atoms with Crippen molar-refractivity contribution in [3.05, 3.63) is 40.9 Å². The first kappa shape index (κ1) is 17.0. The highest BCUT2D eigenvalue weighted by Gasteiger charge is 2.23. The number of carboxylic acids is 1. The standard InChI is InChI=1S/C15H14F2N2O3S/c1-8(2)19(6-13(20)21)15(22)12-7-23-14(18-12)9-3-4-10(16)11(17)5-9/h3-5,7-8H,6H2,1-2H3,(H,20,21). The third-order valence-electron chi connectivity index (χ3n) is 3.08. The van der Waals surface area contributed by atoms with Crippen LogP contribution in [-0.4, -0.2) is 39.5 Å². The largest absolute Gasteiger partial charge is 0.480 e. The molecule has 23 heavy (non-hydrogen) atoms. The van der Waals surface area contributed by atoms with Crippen LogP contribution in [0.25, 0.3) is 10.6 Å². The number of nitrogens with zero attached hydrogens (tertiary/aromatic N) is 2. The van der Waals surface area contributed by atoms with Crippen LogP contribution in [0.4, 0.5) is 8.78 Å². The Kier molecular flexibility index (Phi) is 5.05. The topological polar surface area (TPSA) is 70.5 Å². The van der Waals surface area contributed by atoms with Crippen molar-refractivity contribution in [3.8, 4) is 10.6 Å². The van der Waals surface area contributed by atoms with Gasteiger partial charge in [0, 0.05) is 17.0 Å². The van der Waals surface area contributed by atoms with Crippen molar-refractivity contribution in [3.63, 3.8) is 0 Å². The smallest absolute Gasteiger partial charge is 0.323 e. The number of rotatable bonds is 5. The highest BCUT2D eigenvalue weighted by molar-refractivity contribution is 7.13. The molecule has 0 fully saturated rings. The Bertz CT molecular complexity index is 746. The number of thiazole rings is 1. The number of carboxylic acid groups (broad SMARTS) is 1. The molecular formula is C15H14F2N2O3S. The van der Waals surface area contributed by atoms with Gasteiger partial charge in [0.25, 0.3) is 5.91 Å². The van der Waals surface area contributed by atoms with E-state index in [0.717, 1.165) is 23.5 Å². The van der Waals surface area contributed by atoms with Crippen molar-refractivity contribution in [1.29, 1.82) is 0 Å². The van der Waals surface area contributed by atoms with Crippen LogP contribution < -0.4 is 0 Å². The molecule has 0 atom stereocenters. The third-order valence-corrected chi connectivity index (χ3v) is 3.97. The molecule has 122 valence electrons. The van der Waals surface area contributed by atoms with Crippen LogP contribution in [0.2, 0.25) is 0 Å². The fourth-order valence-electron chi connectivity index (χ4n) is 1.92. The second-order valence-electron chi connectivity index (χ2n) is 5.09. The number of hydrogen-bond acceptors (Lipinski definition) is 4.